The zero-order valence-electron chi connectivity index (χ0n) is 19.2. The van der Waals surface area contributed by atoms with E-state index in [1.165, 1.54) is 84.0 Å². The normalized spacial score (nSPS) is 14.9. The van der Waals surface area contributed by atoms with Crippen LogP contribution in [0.25, 0.3) is 22.3 Å². The number of nitrogens with zero attached hydrogens (tertiary/aromatic N) is 3. The number of anilines is 3. The third kappa shape index (κ3) is 2.26. The van der Waals surface area contributed by atoms with Gasteiger partial charge in [0.1, 0.15) is 0 Å². The van der Waals surface area contributed by atoms with E-state index in [4.69, 9.17) is 4.98 Å². The Balaban J connectivity index is 1.27. The number of hydrogen-bond donors (Lipinski definition) is 0. The summed E-state index contributed by atoms with van der Waals surface area (Å²) < 4.78 is 0. The minimum Gasteiger partial charge on any atom is -0.306 e. The summed E-state index contributed by atoms with van der Waals surface area (Å²) in [5.41, 5.74) is 20.6. The fourth-order valence-corrected chi connectivity index (χ4v) is 6.96. The molecule has 9 rings (SSSR count). The van der Waals surface area contributed by atoms with Crippen molar-refractivity contribution in [2.75, 3.05) is 4.90 Å². The number of hydrogen-bond acceptors (Lipinski definition) is 3. The van der Waals surface area contributed by atoms with E-state index in [0.717, 1.165) is 25.7 Å². The molecule has 0 spiro atoms. The monoisotopic (exact) mass is 447 g/mol. The summed E-state index contributed by atoms with van der Waals surface area (Å²) in [5, 5.41) is 0. The van der Waals surface area contributed by atoms with Crippen molar-refractivity contribution in [1.82, 2.24) is 9.97 Å². The lowest BCUT2D eigenvalue weighted by atomic mass is 9.87. The van der Waals surface area contributed by atoms with Crippen molar-refractivity contribution in [2.24, 2.45) is 0 Å². The number of fused-ring (bicyclic) bond motifs is 11. The summed E-state index contributed by atoms with van der Waals surface area (Å²) >= 11 is 0. The molecule has 164 valence electrons. The maximum atomic E-state index is 4.79. The zero-order chi connectivity index (χ0) is 22.7. The molecular formula is C32H21N3. The quantitative estimate of drug-likeness (QED) is 0.253. The molecule has 0 amide bonds. The van der Waals surface area contributed by atoms with Crippen LogP contribution in [0.1, 0.15) is 44.6 Å². The van der Waals surface area contributed by atoms with Crippen molar-refractivity contribution in [3.63, 3.8) is 0 Å². The molecule has 4 heterocycles. The summed E-state index contributed by atoms with van der Waals surface area (Å²) in [4.78, 5) is 11.7. The molecule has 3 aromatic carbocycles. The van der Waals surface area contributed by atoms with Crippen LogP contribution in [0.15, 0.2) is 79.3 Å². The second kappa shape index (κ2) is 6.25. The first-order valence-corrected chi connectivity index (χ1v) is 12.4. The first kappa shape index (κ1) is 18.1. The van der Waals surface area contributed by atoms with Gasteiger partial charge in [0.15, 0.2) is 0 Å². The highest BCUT2D eigenvalue weighted by Gasteiger charge is 2.35. The van der Waals surface area contributed by atoms with Crippen molar-refractivity contribution in [2.45, 2.75) is 25.7 Å². The van der Waals surface area contributed by atoms with Gasteiger partial charge in [-0.25, -0.2) is 0 Å². The van der Waals surface area contributed by atoms with E-state index in [0.29, 0.717) is 0 Å². The standard InChI is InChI=1S/C32H21N3/c1-2-4-24-18(3-1)13-27-25(24)6-5-20-11-22-16-29-23(14-26(22)31(20)27)12-21-8-10-34-28-15-19-7-9-33-17-30(19)35(29)32(21)28/h1-10,14,16-17H,11-13,15H2. The number of benzene rings is 3. The van der Waals surface area contributed by atoms with Crippen LogP contribution in [0.5, 0.6) is 0 Å². The molecule has 0 atom stereocenters. The predicted octanol–water partition coefficient (Wildman–Crippen LogP) is 6.90. The molecule has 2 aromatic heterocycles. The highest BCUT2D eigenvalue weighted by atomic mass is 15.2. The van der Waals surface area contributed by atoms with E-state index < -0.39 is 0 Å². The molecule has 0 N–H and O–H groups in total. The Kier molecular flexibility index (Phi) is 3.24. The Bertz CT molecular complexity index is 1760. The molecule has 35 heavy (non-hydrogen) atoms. The molecule has 3 nitrogen and oxygen atoms in total. The Morgan fingerprint density at radius 1 is 0.600 bits per heavy atom. The molecule has 0 fully saturated rings. The molecule has 4 aliphatic rings. The van der Waals surface area contributed by atoms with Gasteiger partial charge in [-0.2, -0.15) is 0 Å². The topological polar surface area (TPSA) is 29.0 Å². The van der Waals surface area contributed by atoms with E-state index in [1.807, 2.05) is 18.6 Å². The average molecular weight is 448 g/mol. The molecule has 5 aromatic rings. The van der Waals surface area contributed by atoms with Gasteiger partial charge in [0, 0.05) is 25.2 Å². The van der Waals surface area contributed by atoms with Crippen LogP contribution in [0.2, 0.25) is 0 Å². The molecule has 2 aliphatic carbocycles. The van der Waals surface area contributed by atoms with Gasteiger partial charge in [-0.15, -0.1) is 0 Å². The maximum Gasteiger partial charge on any atom is 0.0716 e. The van der Waals surface area contributed by atoms with Crippen molar-refractivity contribution < 1.29 is 0 Å². The summed E-state index contributed by atoms with van der Waals surface area (Å²) in [5.74, 6) is 0. The van der Waals surface area contributed by atoms with E-state index >= 15 is 0 Å². The molecule has 0 unspecified atom stereocenters. The summed E-state index contributed by atoms with van der Waals surface area (Å²) in [6.45, 7) is 0. The second-order valence-corrected chi connectivity index (χ2v) is 10.2. The first-order chi connectivity index (χ1) is 17.3. The minimum absolute atomic E-state index is 0.871. The third-order valence-electron chi connectivity index (χ3n) is 8.44. The number of pyridine rings is 2. The average Bonchev–Trinajstić information content (AvgIpc) is 3.45. The van der Waals surface area contributed by atoms with E-state index in [9.17, 15) is 0 Å². The zero-order valence-corrected chi connectivity index (χ0v) is 19.2. The molecule has 3 heteroatoms. The predicted molar refractivity (Wildman–Crippen MR) is 139 cm³/mol. The van der Waals surface area contributed by atoms with Crippen LogP contribution in [-0.4, -0.2) is 9.97 Å². The van der Waals surface area contributed by atoms with E-state index in [-0.39, 0.29) is 0 Å². The van der Waals surface area contributed by atoms with Crippen molar-refractivity contribution in [1.29, 1.82) is 0 Å². The molecule has 0 saturated carbocycles. The lowest BCUT2D eigenvalue weighted by molar-refractivity contribution is 0.952. The fourth-order valence-electron chi connectivity index (χ4n) is 6.96. The SMILES string of the molecule is c1ccc2c(c1)Cc1c-2ccc2c1-c1cc3c(cc1C2)N1c2cnccc2Cc2nccc(c21)C3. The van der Waals surface area contributed by atoms with Crippen LogP contribution in [0, 0.1) is 0 Å². The van der Waals surface area contributed by atoms with Crippen LogP contribution in [0.4, 0.5) is 17.1 Å². The highest BCUT2D eigenvalue weighted by Crippen LogP contribution is 2.53. The summed E-state index contributed by atoms with van der Waals surface area (Å²) in [6.07, 6.45) is 9.76. The smallest absolute Gasteiger partial charge is 0.0716 e. The number of aromatic nitrogens is 2. The van der Waals surface area contributed by atoms with Crippen molar-refractivity contribution in [3.8, 4) is 22.3 Å². The molecule has 0 bridgehead atoms. The lowest BCUT2D eigenvalue weighted by Crippen LogP contribution is -2.25. The summed E-state index contributed by atoms with van der Waals surface area (Å²) in [7, 11) is 0. The lowest BCUT2D eigenvalue weighted by Gasteiger charge is -2.38. The van der Waals surface area contributed by atoms with Gasteiger partial charge >= 0.3 is 0 Å². The Hall–Kier alpha value is -4.24. The Morgan fingerprint density at radius 3 is 2.51 bits per heavy atom. The van der Waals surface area contributed by atoms with Crippen molar-refractivity contribution in [3.05, 3.63) is 124 Å². The first-order valence-electron chi connectivity index (χ1n) is 12.4. The Labute approximate surface area is 203 Å². The van der Waals surface area contributed by atoms with Crippen LogP contribution in [-0.2, 0) is 25.7 Å². The molecule has 0 radical (unpaired) electrons. The minimum atomic E-state index is 0.871. The van der Waals surface area contributed by atoms with Gasteiger partial charge in [0.05, 0.1) is 29.0 Å². The molecular weight excluding hydrogens is 426 g/mol. The Morgan fingerprint density at radius 2 is 1.51 bits per heavy atom. The van der Waals surface area contributed by atoms with E-state index in [2.05, 4.69) is 70.5 Å². The van der Waals surface area contributed by atoms with Gasteiger partial charge in [0.2, 0.25) is 0 Å². The maximum absolute atomic E-state index is 4.79. The molecule has 2 aliphatic heterocycles. The molecule has 0 saturated heterocycles. The van der Waals surface area contributed by atoms with Gasteiger partial charge in [0.25, 0.3) is 0 Å². The highest BCUT2D eigenvalue weighted by molar-refractivity contribution is 5.94. The summed E-state index contributed by atoms with van der Waals surface area (Å²) in [6, 6.07) is 22.9. The number of rotatable bonds is 0. The van der Waals surface area contributed by atoms with E-state index in [1.54, 1.807) is 0 Å². The van der Waals surface area contributed by atoms with Crippen LogP contribution in [0.3, 0.4) is 0 Å². The van der Waals surface area contributed by atoms with Gasteiger partial charge in [-0.1, -0.05) is 36.4 Å². The van der Waals surface area contributed by atoms with Gasteiger partial charge in [-0.3, -0.25) is 9.97 Å². The van der Waals surface area contributed by atoms with Gasteiger partial charge in [-0.05, 0) is 98.3 Å². The third-order valence-corrected chi connectivity index (χ3v) is 8.44. The van der Waals surface area contributed by atoms with Crippen LogP contribution < -0.4 is 4.90 Å². The van der Waals surface area contributed by atoms with Crippen molar-refractivity contribution >= 4 is 17.1 Å². The fraction of sp³-hybridized carbons (Fsp3) is 0.125. The van der Waals surface area contributed by atoms with Gasteiger partial charge < -0.3 is 4.90 Å². The largest absolute Gasteiger partial charge is 0.306 e. The van der Waals surface area contributed by atoms with Crippen LogP contribution >= 0.6 is 0 Å². The second-order valence-electron chi connectivity index (χ2n) is 10.2.